The zero-order valence-electron chi connectivity index (χ0n) is 17.6. The van der Waals surface area contributed by atoms with E-state index in [0.717, 1.165) is 35.2 Å². The number of carbonyl (C=O) groups excluding carboxylic acids is 1. The van der Waals surface area contributed by atoms with Crippen LogP contribution in [0.1, 0.15) is 47.3 Å². The van der Waals surface area contributed by atoms with Gasteiger partial charge in [-0.15, -0.1) is 0 Å². The molecule has 0 radical (unpaired) electrons. The Hall–Kier alpha value is -3.52. The molecule has 2 heterocycles. The minimum atomic E-state index is -0.499. The first-order valence-electron chi connectivity index (χ1n) is 10.3. The van der Waals surface area contributed by atoms with Crippen molar-refractivity contribution in [1.29, 1.82) is 0 Å². The van der Waals surface area contributed by atoms with Crippen molar-refractivity contribution in [3.63, 3.8) is 0 Å². The number of benzene rings is 1. The average molecular weight is 419 g/mol. The number of nitrogens with zero attached hydrogens (tertiary/aromatic N) is 4. The van der Waals surface area contributed by atoms with Crippen LogP contribution < -0.4 is 11.1 Å². The summed E-state index contributed by atoms with van der Waals surface area (Å²) in [7, 11) is 1.69. The number of hydrogen-bond donors (Lipinski definition) is 3. The lowest BCUT2D eigenvalue weighted by molar-refractivity contribution is 0.102. The van der Waals surface area contributed by atoms with Crippen molar-refractivity contribution in [2.45, 2.75) is 38.3 Å². The molecule has 0 aliphatic heterocycles. The standard InChI is InChI=1S/C23H26N6O2/c1-14(30)12-29-13-17(11-26-29)20-4-3-5-21(27-20)23(31)28-22-8-16(10-25-2)19(24)9-18(22)15-6-7-15/h3-5,8-11,13-15,30H,6-7,12,24H2,1-2H3,(H,28,31). The van der Waals surface area contributed by atoms with Crippen molar-refractivity contribution in [3.8, 4) is 11.3 Å². The molecule has 2 aromatic heterocycles. The fourth-order valence-corrected chi connectivity index (χ4v) is 3.52. The van der Waals surface area contributed by atoms with Crippen molar-refractivity contribution < 1.29 is 9.90 Å². The van der Waals surface area contributed by atoms with Gasteiger partial charge in [0.2, 0.25) is 0 Å². The number of nitrogen functional groups attached to an aromatic ring is 1. The molecule has 31 heavy (non-hydrogen) atoms. The number of aliphatic hydroxyl groups is 1. The number of rotatable bonds is 7. The van der Waals surface area contributed by atoms with Crippen molar-refractivity contribution in [1.82, 2.24) is 14.8 Å². The zero-order chi connectivity index (χ0) is 22.0. The van der Waals surface area contributed by atoms with Gasteiger partial charge in [-0.2, -0.15) is 5.10 Å². The second kappa shape index (κ2) is 8.69. The summed E-state index contributed by atoms with van der Waals surface area (Å²) in [6.45, 7) is 2.10. The summed E-state index contributed by atoms with van der Waals surface area (Å²) >= 11 is 0. The first-order chi connectivity index (χ1) is 14.9. The van der Waals surface area contributed by atoms with Gasteiger partial charge in [0.1, 0.15) is 5.69 Å². The first kappa shape index (κ1) is 20.7. The number of hydrogen-bond acceptors (Lipinski definition) is 6. The lowest BCUT2D eigenvalue weighted by Crippen LogP contribution is -2.15. The van der Waals surface area contributed by atoms with E-state index in [0.29, 0.717) is 29.5 Å². The van der Waals surface area contributed by atoms with Crippen LogP contribution in [0.15, 0.2) is 47.7 Å². The second-order valence-corrected chi connectivity index (χ2v) is 7.89. The molecule has 1 amide bonds. The lowest BCUT2D eigenvalue weighted by atomic mass is 10.0. The van der Waals surface area contributed by atoms with Gasteiger partial charge in [0, 0.05) is 42.0 Å². The van der Waals surface area contributed by atoms with Crippen molar-refractivity contribution in [2.75, 3.05) is 18.1 Å². The highest BCUT2D eigenvalue weighted by atomic mass is 16.3. The minimum Gasteiger partial charge on any atom is -0.398 e. The maximum atomic E-state index is 13.0. The number of pyridine rings is 1. The number of amides is 1. The van der Waals surface area contributed by atoms with Crippen LogP contribution in [-0.4, -0.2) is 45.1 Å². The molecule has 1 aromatic carbocycles. The molecule has 1 aliphatic rings. The summed E-state index contributed by atoms with van der Waals surface area (Å²) < 4.78 is 1.65. The molecular weight excluding hydrogens is 392 g/mol. The molecule has 3 aromatic rings. The van der Waals surface area contributed by atoms with Gasteiger partial charge in [-0.05, 0) is 55.5 Å². The molecule has 160 valence electrons. The number of aromatic nitrogens is 3. The van der Waals surface area contributed by atoms with Crippen LogP contribution in [0.5, 0.6) is 0 Å². The topological polar surface area (TPSA) is 118 Å². The molecule has 0 bridgehead atoms. The Morgan fingerprint density at radius 1 is 1.42 bits per heavy atom. The Kier molecular flexibility index (Phi) is 5.81. The highest BCUT2D eigenvalue weighted by Gasteiger charge is 2.27. The number of carbonyl (C=O) groups is 1. The molecular formula is C23H26N6O2. The van der Waals surface area contributed by atoms with E-state index in [1.54, 1.807) is 49.4 Å². The Morgan fingerprint density at radius 2 is 2.23 bits per heavy atom. The van der Waals surface area contributed by atoms with Crippen molar-refractivity contribution >= 4 is 23.5 Å². The molecule has 1 saturated carbocycles. The lowest BCUT2D eigenvalue weighted by Gasteiger charge is -2.14. The summed E-state index contributed by atoms with van der Waals surface area (Å²) in [6.07, 6.45) is 6.85. The third-order valence-corrected chi connectivity index (χ3v) is 5.15. The van der Waals surface area contributed by atoms with Crippen LogP contribution in [-0.2, 0) is 6.54 Å². The maximum Gasteiger partial charge on any atom is 0.274 e. The Labute approximate surface area is 180 Å². The van der Waals surface area contributed by atoms with E-state index in [9.17, 15) is 9.90 Å². The van der Waals surface area contributed by atoms with Crippen LogP contribution in [0.4, 0.5) is 11.4 Å². The predicted molar refractivity (Wildman–Crippen MR) is 121 cm³/mol. The molecule has 8 nitrogen and oxygen atoms in total. The van der Waals surface area contributed by atoms with Crippen LogP contribution in [0.25, 0.3) is 11.3 Å². The summed E-state index contributed by atoms with van der Waals surface area (Å²) in [5.41, 5.74) is 11.1. The van der Waals surface area contributed by atoms with E-state index in [2.05, 4.69) is 20.4 Å². The van der Waals surface area contributed by atoms with Gasteiger partial charge in [-0.3, -0.25) is 14.5 Å². The third-order valence-electron chi connectivity index (χ3n) is 5.15. The number of nitrogens with one attached hydrogen (secondary N) is 1. The van der Waals surface area contributed by atoms with E-state index in [-0.39, 0.29) is 5.91 Å². The van der Waals surface area contributed by atoms with Gasteiger partial charge >= 0.3 is 0 Å². The van der Waals surface area contributed by atoms with Crippen molar-refractivity contribution in [2.24, 2.45) is 4.99 Å². The molecule has 4 N–H and O–H groups in total. The van der Waals surface area contributed by atoms with E-state index in [1.807, 2.05) is 18.2 Å². The molecule has 1 aliphatic carbocycles. The monoisotopic (exact) mass is 418 g/mol. The normalized spacial score (nSPS) is 14.7. The van der Waals surface area contributed by atoms with Crippen LogP contribution in [0, 0.1) is 0 Å². The number of nitrogens with two attached hydrogens (primary N) is 1. The minimum absolute atomic E-state index is 0.288. The fourth-order valence-electron chi connectivity index (χ4n) is 3.52. The van der Waals surface area contributed by atoms with E-state index >= 15 is 0 Å². The molecule has 8 heteroatoms. The fraction of sp³-hybridized carbons (Fsp3) is 0.304. The van der Waals surface area contributed by atoms with Crippen LogP contribution >= 0.6 is 0 Å². The van der Waals surface area contributed by atoms with Crippen molar-refractivity contribution in [3.05, 3.63) is 59.5 Å². The number of aliphatic imine (C=N–C) groups is 1. The molecule has 4 rings (SSSR count). The Balaban J connectivity index is 1.59. The summed E-state index contributed by atoms with van der Waals surface area (Å²) in [5, 5.41) is 16.8. The zero-order valence-corrected chi connectivity index (χ0v) is 17.6. The Bertz CT molecular complexity index is 1130. The van der Waals surface area contributed by atoms with Gasteiger partial charge < -0.3 is 16.2 Å². The summed E-state index contributed by atoms with van der Waals surface area (Å²) in [4.78, 5) is 21.6. The molecule has 1 fully saturated rings. The molecule has 1 atom stereocenters. The average Bonchev–Trinajstić information content (AvgIpc) is 3.48. The second-order valence-electron chi connectivity index (χ2n) is 7.89. The smallest absolute Gasteiger partial charge is 0.274 e. The highest BCUT2D eigenvalue weighted by molar-refractivity contribution is 6.04. The predicted octanol–water partition coefficient (Wildman–Crippen LogP) is 3.09. The van der Waals surface area contributed by atoms with E-state index in [4.69, 9.17) is 5.73 Å². The molecule has 0 saturated heterocycles. The van der Waals surface area contributed by atoms with Gasteiger partial charge in [-0.1, -0.05) is 6.07 Å². The van der Waals surface area contributed by atoms with E-state index < -0.39 is 6.10 Å². The highest BCUT2D eigenvalue weighted by Crippen LogP contribution is 2.44. The number of anilines is 2. The summed E-state index contributed by atoms with van der Waals surface area (Å²) in [6, 6.07) is 9.11. The van der Waals surface area contributed by atoms with Crippen LogP contribution in [0.3, 0.4) is 0 Å². The van der Waals surface area contributed by atoms with Gasteiger partial charge in [0.15, 0.2) is 0 Å². The third kappa shape index (κ3) is 4.80. The van der Waals surface area contributed by atoms with Gasteiger partial charge in [0.05, 0.1) is 24.5 Å². The van der Waals surface area contributed by atoms with Gasteiger partial charge in [-0.25, -0.2) is 4.98 Å². The van der Waals surface area contributed by atoms with Crippen LogP contribution in [0.2, 0.25) is 0 Å². The largest absolute Gasteiger partial charge is 0.398 e. The first-order valence-corrected chi connectivity index (χ1v) is 10.3. The molecule has 1 unspecified atom stereocenters. The maximum absolute atomic E-state index is 13.0. The van der Waals surface area contributed by atoms with E-state index in [1.165, 1.54) is 0 Å². The summed E-state index contributed by atoms with van der Waals surface area (Å²) in [5.74, 6) is 0.133. The SMILES string of the molecule is CN=Cc1cc(NC(=O)c2cccc(-c3cnn(CC(C)O)c3)n2)c(C2CC2)cc1N. The van der Waals surface area contributed by atoms with Gasteiger partial charge in [0.25, 0.3) is 5.91 Å². The number of aliphatic hydroxyl groups excluding tert-OH is 1. The Morgan fingerprint density at radius 3 is 2.94 bits per heavy atom. The quantitative estimate of drug-likeness (QED) is 0.402. The molecule has 0 spiro atoms.